The van der Waals surface area contributed by atoms with Crippen LogP contribution in [-0.2, 0) is 44.7 Å². The lowest BCUT2D eigenvalue weighted by Gasteiger charge is -2.21. The molecule has 1 N–H and O–H groups in total. The monoisotopic (exact) mass is 1320 g/mol. The van der Waals surface area contributed by atoms with E-state index in [1.807, 2.05) is 60.6 Å². The molecule has 1 aromatic heterocycles. The van der Waals surface area contributed by atoms with Gasteiger partial charge in [0.1, 0.15) is 59.6 Å². The predicted molar refractivity (Wildman–Crippen MR) is 353 cm³/mol. The lowest BCUT2D eigenvalue weighted by Crippen LogP contribution is -2.15. The molecule has 496 valence electrons. The van der Waals surface area contributed by atoms with E-state index in [-0.39, 0.29) is 22.6 Å². The molecule has 0 atom stereocenters. The Kier molecular flexibility index (Phi) is 30.2. The van der Waals surface area contributed by atoms with Crippen LogP contribution in [-0.4, -0.2) is 163 Å². The van der Waals surface area contributed by atoms with Crippen LogP contribution in [0.5, 0.6) is 23.0 Å². The number of halogens is 5. The Bertz CT molecular complexity index is 3410. The van der Waals surface area contributed by atoms with E-state index < -0.39 is 29.1 Å². The number of anilines is 3. The second-order valence-electron chi connectivity index (χ2n) is 20.5. The number of nitrogens with zero attached hydrogens (tertiary/aromatic N) is 5. The molecule has 0 aliphatic heterocycles. The van der Waals surface area contributed by atoms with Gasteiger partial charge in [0.05, 0.1) is 129 Å². The van der Waals surface area contributed by atoms with Crippen LogP contribution in [0.3, 0.4) is 0 Å². The summed E-state index contributed by atoms with van der Waals surface area (Å²) < 4.78 is 139. The first-order valence-corrected chi connectivity index (χ1v) is 31.8. The Balaban J connectivity index is 0.637. The van der Waals surface area contributed by atoms with Crippen LogP contribution in [0.4, 0.5) is 39.1 Å². The van der Waals surface area contributed by atoms with Crippen LogP contribution in [0.15, 0.2) is 137 Å². The lowest BCUT2D eigenvalue weighted by atomic mass is 10.0. The highest BCUT2D eigenvalue weighted by atomic mass is 32.2. The highest BCUT2D eigenvalue weighted by molar-refractivity contribution is 8.13. The molecule has 0 saturated heterocycles. The van der Waals surface area contributed by atoms with Gasteiger partial charge < -0.3 is 67.2 Å². The number of thioether (sulfide) groups is 2. The van der Waals surface area contributed by atoms with Crippen LogP contribution in [0.2, 0.25) is 0 Å². The Hall–Kier alpha value is -7.39. The largest absolute Gasteiger partial charge is 0.493 e. The van der Waals surface area contributed by atoms with Crippen molar-refractivity contribution in [2.75, 3.05) is 163 Å². The SMILES string of the molecule is CNc1cc(-n2c(N(C)C)cnc2SCc2c(F)cc(-c3ccc(OCCOCCOCCOCCOCCOCCOCCOCCOc4ccc(-c5cc(F)c(CS/C(C)=N/C=C(\C)N(C)c6ccc(OC)c(OC)c6)c(F)c5)cc4)cc3)cc2F)ccc1F. The van der Waals surface area contributed by atoms with Crippen LogP contribution >= 0.6 is 23.5 Å². The first-order chi connectivity index (χ1) is 44.7. The number of ether oxygens (including phenoxy) is 11. The molecule has 0 unspecified atom stereocenters. The van der Waals surface area contributed by atoms with E-state index in [1.165, 1.54) is 53.9 Å². The molecule has 0 amide bonds. The van der Waals surface area contributed by atoms with Gasteiger partial charge in [0.25, 0.3) is 0 Å². The van der Waals surface area contributed by atoms with E-state index in [0.717, 1.165) is 17.2 Å². The molecule has 0 spiro atoms. The summed E-state index contributed by atoms with van der Waals surface area (Å²) in [6, 6.07) is 29.5. The van der Waals surface area contributed by atoms with Crippen LogP contribution in [0, 0.1) is 29.1 Å². The molecule has 1 heterocycles. The Morgan fingerprint density at radius 1 is 0.522 bits per heavy atom. The third kappa shape index (κ3) is 22.4. The zero-order valence-electron chi connectivity index (χ0n) is 53.2. The van der Waals surface area contributed by atoms with Gasteiger partial charge in [-0.1, -0.05) is 36.0 Å². The summed E-state index contributed by atoms with van der Waals surface area (Å²) in [5.74, 6) is 0.210. The third-order valence-electron chi connectivity index (χ3n) is 14.0. The molecule has 0 radical (unpaired) electrons. The molecular weight excluding hydrogens is 1240 g/mol. The number of hydrogen-bond acceptors (Lipinski definition) is 18. The van der Waals surface area contributed by atoms with Crippen molar-refractivity contribution < 1.29 is 74.1 Å². The number of methoxy groups -OCH3 is 2. The summed E-state index contributed by atoms with van der Waals surface area (Å²) in [5.41, 5.74) is 4.68. The van der Waals surface area contributed by atoms with Gasteiger partial charge in [-0.2, -0.15) is 0 Å². The third-order valence-corrected chi connectivity index (χ3v) is 16.0. The predicted octanol–water partition coefficient (Wildman–Crippen LogP) is 13.5. The normalized spacial score (nSPS) is 11.8. The van der Waals surface area contributed by atoms with Crippen molar-refractivity contribution in [1.82, 2.24) is 9.55 Å². The molecule has 7 aromatic rings. The maximum atomic E-state index is 15.5. The Morgan fingerprint density at radius 3 is 1.40 bits per heavy atom. The van der Waals surface area contributed by atoms with Gasteiger partial charge in [-0.15, -0.1) is 11.8 Å². The van der Waals surface area contributed by atoms with Crippen molar-refractivity contribution >= 4 is 45.8 Å². The molecule has 0 aliphatic rings. The van der Waals surface area contributed by atoms with Crippen molar-refractivity contribution in [3.05, 3.63) is 168 Å². The number of benzene rings is 6. The summed E-state index contributed by atoms with van der Waals surface area (Å²) >= 11 is 2.43. The number of imidazole rings is 1. The van der Waals surface area contributed by atoms with E-state index in [4.69, 9.17) is 52.1 Å². The number of nitrogens with one attached hydrogen (secondary N) is 1. The van der Waals surface area contributed by atoms with Crippen molar-refractivity contribution in [3.8, 4) is 50.9 Å². The van der Waals surface area contributed by atoms with Gasteiger partial charge >= 0.3 is 0 Å². The first-order valence-electron chi connectivity index (χ1n) is 29.8. The van der Waals surface area contributed by atoms with Crippen LogP contribution in [0.25, 0.3) is 27.9 Å². The molecule has 6 aromatic carbocycles. The number of aliphatic imine (C=N–C) groups is 1. The molecule has 0 saturated carbocycles. The standard InChI is InChI=1S/C68H81F5N6O11S2/c1-47(78(6)53-14-20-65(80-7)66(42-53)81-8)43-75-48(2)91-45-57-60(70)37-51(38-61(57)71)49-9-15-55(16-10-49)89-35-33-87-31-29-85-27-25-83-23-21-82-22-24-84-26-28-86-30-32-88-34-36-90-56-17-11-50(12-18-56)52-39-62(72)58(63(73)40-52)46-92-68-76-44-67(77(4)5)79(68)54-13-19-59(69)64(41-54)74-3/h9-20,37-44,74H,21-36,45-46H2,1-8H3/b47-43+,75-48+. The highest BCUT2D eigenvalue weighted by Crippen LogP contribution is 2.36. The average Bonchev–Trinajstić information content (AvgIpc) is 1.56. The number of allylic oxidation sites excluding steroid dienone is 1. The van der Waals surface area contributed by atoms with Gasteiger partial charge in [0, 0.05) is 74.5 Å². The second kappa shape index (κ2) is 38.6. The Morgan fingerprint density at radius 2 is 0.967 bits per heavy atom. The van der Waals surface area contributed by atoms with E-state index in [2.05, 4.69) is 15.3 Å². The number of rotatable bonds is 41. The summed E-state index contributed by atoms with van der Waals surface area (Å²) in [5, 5.41) is 3.99. The smallest absolute Gasteiger partial charge is 0.174 e. The van der Waals surface area contributed by atoms with E-state index >= 15 is 17.6 Å². The molecule has 0 fully saturated rings. The molecule has 0 bridgehead atoms. The molecule has 24 heteroatoms. The fraction of sp³-hybridized carbons (Fsp3) is 0.382. The fourth-order valence-electron chi connectivity index (χ4n) is 8.85. The van der Waals surface area contributed by atoms with Crippen molar-refractivity contribution in [3.63, 3.8) is 0 Å². The topological polar surface area (TPSA) is 150 Å². The van der Waals surface area contributed by atoms with Crippen molar-refractivity contribution in [1.29, 1.82) is 0 Å². The van der Waals surface area contributed by atoms with Gasteiger partial charge in [0.15, 0.2) is 16.7 Å². The summed E-state index contributed by atoms with van der Waals surface area (Å²) in [4.78, 5) is 12.8. The van der Waals surface area contributed by atoms with Gasteiger partial charge in [-0.25, -0.2) is 26.9 Å². The molecule has 92 heavy (non-hydrogen) atoms. The molecule has 0 aliphatic carbocycles. The Labute approximate surface area is 544 Å². The van der Waals surface area contributed by atoms with E-state index in [9.17, 15) is 4.39 Å². The zero-order chi connectivity index (χ0) is 65.6. The zero-order valence-corrected chi connectivity index (χ0v) is 54.8. The summed E-state index contributed by atoms with van der Waals surface area (Å²) in [6.07, 6.45) is 3.37. The molecular formula is C68H81F5N6O11S2. The average molecular weight is 1320 g/mol. The van der Waals surface area contributed by atoms with Crippen LogP contribution in [0.1, 0.15) is 25.0 Å². The fourth-order valence-corrected chi connectivity index (χ4v) is 10.6. The molecule has 17 nitrogen and oxygen atoms in total. The maximum absolute atomic E-state index is 15.5. The maximum Gasteiger partial charge on any atom is 0.174 e. The minimum absolute atomic E-state index is 0.0172. The number of aromatic nitrogens is 2. The summed E-state index contributed by atoms with van der Waals surface area (Å²) in [6.45, 7) is 9.96. The van der Waals surface area contributed by atoms with Crippen LogP contribution < -0.4 is 34.1 Å². The van der Waals surface area contributed by atoms with Crippen molar-refractivity contribution in [2.45, 2.75) is 30.5 Å². The lowest BCUT2D eigenvalue weighted by molar-refractivity contribution is -0.0218. The number of hydrogen-bond donors (Lipinski definition) is 1. The highest BCUT2D eigenvalue weighted by Gasteiger charge is 2.20. The molecule has 7 rings (SSSR count). The summed E-state index contributed by atoms with van der Waals surface area (Å²) in [7, 11) is 10.4. The first kappa shape index (κ1) is 72.0. The van der Waals surface area contributed by atoms with Gasteiger partial charge in [0.2, 0.25) is 0 Å². The minimum atomic E-state index is -0.675. The van der Waals surface area contributed by atoms with Crippen molar-refractivity contribution in [2.24, 2.45) is 4.99 Å². The minimum Gasteiger partial charge on any atom is -0.493 e. The quantitative estimate of drug-likeness (QED) is 0.0127. The second-order valence-corrected chi connectivity index (χ2v) is 22.6. The van der Waals surface area contributed by atoms with E-state index in [1.54, 1.807) is 101 Å². The van der Waals surface area contributed by atoms with E-state index in [0.29, 0.717) is 173 Å². The van der Waals surface area contributed by atoms with Gasteiger partial charge in [-0.3, -0.25) is 9.56 Å². The van der Waals surface area contributed by atoms with Gasteiger partial charge in [-0.05, 0) is 115 Å².